The third kappa shape index (κ3) is 3.51. The van der Waals surface area contributed by atoms with Crippen molar-refractivity contribution >= 4 is 33.7 Å². The summed E-state index contributed by atoms with van der Waals surface area (Å²) in [6.45, 7) is 0. The van der Waals surface area contributed by atoms with Crippen molar-refractivity contribution in [2.45, 2.75) is 0 Å². The van der Waals surface area contributed by atoms with Gasteiger partial charge < -0.3 is 4.42 Å². The van der Waals surface area contributed by atoms with Crippen LogP contribution >= 0.6 is 15.9 Å². The number of furan rings is 1. The predicted octanol–water partition coefficient (Wildman–Crippen LogP) is 2.71. The zero-order valence-electron chi connectivity index (χ0n) is 9.95. The molecule has 20 heavy (non-hydrogen) atoms. The molecule has 2 aromatic rings. The smallest absolute Gasteiger partial charge is 0.271 e. The summed E-state index contributed by atoms with van der Waals surface area (Å²) in [6, 6.07) is 8.72. The van der Waals surface area contributed by atoms with E-state index in [0.29, 0.717) is 10.4 Å². The van der Waals surface area contributed by atoms with Crippen LogP contribution in [0, 0.1) is 10.1 Å². The number of carbonyl (C=O) groups is 1. The SMILES string of the molecule is O=C(N/N=C\c1ccc(Br)o1)c1cccc([N+](=O)[O-])c1. The van der Waals surface area contributed by atoms with Gasteiger partial charge in [-0.1, -0.05) is 6.07 Å². The van der Waals surface area contributed by atoms with Gasteiger partial charge >= 0.3 is 0 Å². The molecule has 0 radical (unpaired) electrons. The van der Waals surface area contributed by atoms with Gasteiger partial charge in [0.2, 0.25) is 0 Å². The van der Waals surface area contributed by atoms with Gasteiger partial charge in [0.05, 0.1) is 11.1 Å². The van der Waals surface area contributed by atoms with Gasteiger partial charge in [0.15, 0.2) is 4.67 Å². The number of nitrogens with one attached hydrogen (secondary N) is 1. The number of carbonyl (C=O) groups excluding carboxylic acids is 1. The minimum Gasteiger partial charge on any atom is -0.448 e. The van der Waals surface area contributed by atoms with Crippen molar-refractivity contribution in [3.8, 4) is 0 Å². The van der Waals surface area contributed by atoms with Gasteiger partial charge in [-0.3, -0.25) is 14.9 Å². The highest BCUT2D eigenvalue weighted by atomic mass is 79.9. The monoisotopic (exact) mass is 337 g/mol. The highest BCUT2D eigenvalue weighted by molar-refractivity contribution is 9.10. The second-order valence-electron chi connectivity index (χ2n) is 3.65. The average Bonchev–Trinajstić information content (AvgIpc) is 2.84. The third-order valence-electron chi connectivity index (χ3n) is 2.27. The summed E-state index contributed by atoms with van der Waals surface area (Å²) in [7, 11) is 0. The molecule has 1 aromatic heterocycles. The Balaban J connectivity index is 2.03. The lowest BCUT2D eigenvalue weighted by molar-refractivity contribution is -0.384. The molecule has 1 N–H and O–H groups in total. The summed E-state index contributed by atoms with van der Waals surface area (Å²) in [4.78, 5) is 21.8. The van der Waals surface area contributed by atoms with Crippen molar-refractivity contribution in [2.75, 3.05) is 0 Å². The first-order valence-corrected chi connectivity index (χ1v) is 6.19. The van der Waals surface area contributed by atoms with Crippen LogP contribution in [0.5, 0.6) is 0 Å². The second kappa shape index (κ2) is 6.11. The molecule has 0 atom stereocenters. The maximum Gasteiger partial charge on any atom is 0.271 e. The Kier molecular flexibility index (Phi) is 4.26. The number of nitrogens with zero attached hydrogens (tertiary/aromatic N) is 2. The van der Waals surface area contributed by atoms with Crippen LogP contribution in [-0.4, -0.2) is 17.0 Å². The summed E-state index contributed by atoms with van der Waals surface area (Å²) in [6.07, 6.45) is 1.32. The number of halogens is 1. The fraction of sp³-hybridized carbons (Fsp3) is 0. The van der Waals surface area contributed by atoms with Crippen LogP contribution in [-0.2, 0) is 0 Å². The molecule has 0 bridgehead atoms. The fourth-order valence-electron chi connectivity index (χ4n) is 1.38. The lowest BCUT2D eigenvalue weighted by atomic mass is 10.2. The van der Waals surface area contributed by atoms with Gasteiger partial charge in [0, 0.05) is 17.7 Å². The van der Waals surface area contributed by atoms with Crippen LogP contribution in [0.4, 0.5) is 5.69 Å². The first kappa shape index (κ1) is 13.9. The quantitative estimate of drug-likeness (QED) is 0.526. The van der Waals surface area contributed by atoms with E-state index >= 15 is 0 Å². The number of rotatable bonds is 4. The van der Waals surface area contributed by atoms with Crippen molar-refractivity contribution in [3.05, 3.63) is 62.5 Å². The number of hydrogen-bond acceptors (Lipinski definition) is 5. The molecule has 1 heterocycles. The normalized spacial score (nSPS) is 10.7. The van der Waals surface area contributed by atoms with E-state index in [-0.39, 0.29) is 11.3 Å². The number of non-ortho nitro benzene ring substituents is 1. The highest BCUT2D eigenvalue weighted by Crippen LogP contribution is 2.13. The summed E-state index contributed by atoms with van der Waals surface area (Å²) < 4.78 is 5.69. The maximum atomic E-state index is 11.7. The van der Waals surface area contributed by atoms with E-state index in [4.69, 9.17) is 4.42 Å². The van der Waals surface area contributed by atoms with Gasteiger partial charge in [-0.25, -0.2) is 5.43 Å². The topological polar surface area (TPSA) is 97.7 Å². The largest absolute Gasteiger partial charge is 0.448 e. The zero-order chi connectivity index (χ0) is 14.5. The summed E-state index contributed by atoms with van der Waals surface area (Å²) in [5, 5.41) is 14.3. The van der Waals surface area contributed by atoms with Gasteiger partial charge in [0.1, 0.15) is 5.76 Å². The fourth-order valence-corrected chi connectivity index (χ4v) is 1.70. The highest BCUT2D eigenvalue weighted by Gasteiger charge is 2.10. The Morgan fingerprint density at radius 2 is 2.20 bits per heavy atom. The van der Waals surface area contributed by atoms with E-state index in [0.717, 1.165) is 0 Å². The maximum absolute atomic E-state index is 11.7. The van der Waals surface area contributed by atoms with Gasteiger partial charge in [-0.15, -0.1) is 0 Å². The Morgan fingerprint density at radius 3 is 2.85 bits per heavy atom. The van der Waals surface area contributed by atoms with Crippen molar-refractivity contribution in [1.29, 1.82) is 0 Å². The lowest BCUT2D eigenvalue weighted by Gasteiger charge is -1.99. The number of hydrazone groups is 1. The van der Waals surface area contributed by atoms with Crippen LogP contribution in [0.15, 0.2) is 50.6 Å². The minimum absolute atomic E-state index is 0.150. The first-order valence-electron chi connectivity index (χ1n) is 5.39. The van der Waals surface area contributed by atoms with Crippen molar-refractivity contribution in [1.82, 2.24) is 5.43 Å². The molecule has 0 saturated carbocycles. The van der Waals surface area contributed by atoms with Gasteiger partial charge in [0.25, 0.3) is 11.6 Å². The number of nitro groups is 1. The van der Waals surface area contributed by atoms with E-state index < -0.39 is 10.8 Å². The Morgan fingerprint density at radius 1 is 1.40 bits per heavy atom. The Bertz CT molecular complexity index is 681. The molecule has 1 aromatic carbocycles. The number of amides is 1. The summed E-state index contributed by atoms with van der Waals surface area (Å²) >= 11 is 3.13. The molecule has 0 aliphatic carbocycles. The summed E-state index contributed by atoms with van der Waals surface area (Å²) in [5.41, 5.74) is 2.25. The number of nitro benzene ring substituents is 1. The first-order chi connectivity index (χ1) is 9.56. The minimum atomic E-state index is -0.569. The van der Waals surface area contributed by atoms with Crippen LogP contribution in [0.1, 0.15) is 16.1 Å². The van der Waals surface area contributed by atoms with Crippen LogP contribution < -0.4 is 5.43 Å². The summed E-state index contributed by atoms with van der Waals surface area (Å²) in [5.74, 6) is -0.0909. The van der Waals surface area contributed by atoms with Crippen molar-refractivity contribution in [2.24, 2.45) is 5.10 Å². The molecule has 0 fully saturated rings. The molecule has 0 aliphatic rings. The standard InChI is InChI=1S/C12H8BrN3O4/c13-11-5-4-10(20-11)7-14-15-12(17)8-2-1-3-9(6-8)16(18)19/h1-7H,(H,15,17)/b14-7-. The molecule has 102 valence electrons. The molecule has 0 aliphatic heterocycles. The average molecular weight is 338 g/mol. The molecular weight excluding hydrogens is 330 g/mol. The van der Waals surface area contributed by atoms with Crippen molar-refractivity contribution in [3.63, 3.8) is 0 Å². The second-order valence-corrected chi connectivity index (χ2v) is 4.43. The molecule has 0 saturated heterocycles. The molecular formula is C12H8BrN3O4. The number of benzene rings is 1. The zero-order valence-corrected chi connectivity index (χ0v) is 11.5. The van der Waals surface area contributed by atoms with Crippen molar-refractivity contribution < 1.29 is 14.1 Å². The Hall–Kier alpha value is -2.48. The molecule has 8 heteroatoms. The van der Waals surface area contributed by atoms with E-state index in [9.17, 15) is 14.9 Å². The van der Waals surface area contributed by atoms with Gasteiger partial charge in [-0.05, 0) is 34.1 Å². The van der Waals surface area contributed by atoms with Crippen LogP contribution in [0.3, 0.4) is 0 Å². The van der Waals surface area contributed by atoms with Crippen LogP contribution in [0.25, 0.3) is 0 Å². The molecule has 0 spiro atoms. The third-order valence-corrected chi connectivity index (χ3v) is 2.70. The van der Waals surface area contributed by atoms with E-state index in [1.165, 1.54) is 30.5 Å². The molecule has 0 unspecified atom stereocenters. The molecule has 7 nitrogen and oxygen atoms in total. The Labute approximate surface area is 121 Å². The van der Waals surface area contributed by atoms with E-state index in [2.05, 4.69) is 26.5 Å². The predicted molar refractivity (Wildman–Crippen MR) is 74.6 cm³/mol. The molecule has 2 rings (SSSR count). The molecule has 1 amide bonds. The van der Waals surface area contributed by atoms with Gasteiger partial charge in [-0.2, -0.15) is 5.10 Å². The van der Waals surface area contributed by atoms with E-state index in [1.54, 1.807) is 12.1 Å². The lowest BCUT2D eigenvalue weighted by Crippen LogP contribution is -2.17. The van der Waals surface area contributed by atoms with Crippen LogP contribution in [0.2, 0.25) is 0 Å². The van der Waals surface area contributed by atoms with E-state index in [1.807, 2.05) is 0 Å². The number of hydrogen-bond donors (Lipinski definition) is 1.